The largest absolute Gasteiger partial charge is 0.497 e. The summed E-state index contributed by atoms with van der Waals surface area (Å²) >= 11 is 6.03. The standard InChI is InChI=1S/C26H25ClN2O2/c1-17-4-11-22-23(12-17)25(16-29-24(22)13-18-5-8-20(27)9-6-18)28-15-19-7-10-21(30-2)14-26(19)31-3/h4-12,14,16,28H,13,15H2,1-3H3. The molecule has 0 atom stereocenters. The van der Waals surface area contributed by atoms with Gasteiger partial charge in [0.2, 0.25) is 0 Å². The Hall–Kier alpha value is -3.24. The molecule has 0 amide bonds. The number of methoxy groups -OCH3 is 2. The number of hydrogen-bond donors (Lipinski definition) is 1. The van der Waals surface area contributed by atoms with Crippen LogP contribution in [0.15, 0.2) is 66.9 Å². The Bertz CT molecular complexity index is 1210. The molecular weight excluding hydrogens is 408 g/mol. The van der Waals surface area contributed by atoms with E-state index in [1.807, 2.05) is 48.7 Å². The molecule has 31 heavy (non-hydrogen) atoms. The molecule has 1 aromatic heterocycles. The van der Waals surface area contributed by atoms with E-state index < -0.39 is 0 Å². The van der Waals surface area contributed by atoms with Gasteiger partial charge in [-0.05, 0) is 42.8 Å². The minimum Gasteiger partial charge on any atom is -0.497 e. The summed E-state index contributed by atoms with van der Waals surface area (Å²) in [5.74, 6) is 1.56. The molecule has 0 spiro atoms. The average Bonchev–Trinajstić information content (AvgIpc) is 2.79. The van der Waals surface area contributed by atoms with Crippen LogP contribution in [0.1, 0.15) is 22.4 Å². The molecule has 4 nitrogen and oxygen atoms in total. The third-order valence-corrected chi connectivity index (χ3v) is 5.63. The first kappa shape index (κ1) is 21.0. The highest BCUT2D eigenvalue weighted by Crippen LogP contribution is 2.30. The summed E-state index contributed by atoms with van der Waals surface area (Å²) < 4.78 is 10.8. The van der Waals surface area contributed by atoms with E-state index in [2.05, 4.69) is 30.4 Å². The maximum atomic E-state index is 6.03. The van der Waals surface area contributed by atoms with E-state index in [-0.39, 0.29) is 0 Å². The van der Waals surface area contributed by atoms with E-state index >= 15 is 0 Å². The SMILES string of the molecule is COc1ccc(CNc2cnc(Cc3ccc(Cl)cc3)c3ccc(C)cc23)c(OC)c1. The fourth-order valence-corrected chi connectivity index (χ4v) is 3.81. The molecule has 3 aromatic carbocycles. The van der Waals surface area contributed by atoms with Crippen LogP contribution in [-0.2, 0) is 13.0 Å². The average molecular weight is 433 g/mol. The summed E-state index contributed by atoms with van der Waals surface area (Å²) in [5.41, 5.74) is 5.49. The van der Waals surface area contributed by atoms with Gasteiger partial charge in [0.1, 0.15) is 11.5 Å². The van der Waals surface area contributed by atoms with Crippen molar-refractivity contribution in [3.8, 4) is 11.5 Å². The molecule has 0 saturated carbocycles. The molecule has 0 saturated heterocycles. The number of anilines is 1. The minimum atomic E-state index is 0.619. The van der Waals surface area contributed by atoms with Gasteiger partial charge in [-0.3, -0.25) is 4.98 Å². The van der Waals surface area contributed by atoms with Gasteiger partial charge in [0.05, 0.1) is 31.8 Å². The predicted molar refractivity (Wildman–Crippen MR) is 128 cm³/mol. The van der Waals surface area contributed by atoms with Crippen LogP contribution in [0.4, 0.5) is 5.69 Å². The Morgan fingerprint density at radius 3 is 2.45 bits per heavy atom. The molecule has 0 aliphatic heterocycles. The quantitative estimate of drug-likeness (QED) is 0.366. The minimum absolute atomic E-state index is 0.619. The second-order valence-electron chi connectivity index (χ2n) is 7.50. The van der Waals surface area contributed by atoms with E-state index in [0.717, 1.165) is 50.7 Å². The first-order valence-electron chi connectivity index (χ1n) is 10.1. The summed E-state index contributed by atoms with van der Waals surface area (Å²) in [4.78, 5) is 4.79. The number of nitrogens with zero attached hydrogens (tertiary/aromatic N) is 1. The van der Waals surface area contributed by atoms with Gasteiger partial charge in [0.25, 0.3) is 0 Å². The van der Waals surface area contributed by atoms with Gasteiger partial charge in [-0.1, -0.05) is 41.4 Å². The van der Waals surface area contributed by atoms with Crippen molar-refractivity contribution in [1.29, 1.82) is 0 Å². The van der Waals surface area contributed by atoms with Crippen LogP contribution < -0.4 is 14.8 Å². The highest BCUT2D eigenvalue weighted by Gasteiger charge is 2.11. The summed E-state index contributed by atoms with van der Waals surface area (Å²) in [6.07, 6.45) is 2.67. The van der Waals surface area contributed by atoms with E-state index in [4.69, 9.17) is 26.1 Å². The molecular formula is C26H25ClN2O2. The lowest BCUT2D eigenvalue weighted by Crippen LogP contribution is -2.04. The van der Waals surface area contributed by atoms with Crippen LogP contribution in [-0.4, -0.2) is 19.2 Å². The smallest absolute Gasteiger partial charge is 0.127 e. The van der Waals surface area contributed by atoms with Crippen LogP contribution in [0.3, 0.4) is 0 Å². The van der Waals surface area contributed by atoms with Gasteiger partial charge in [0, 0.05) is 40.4 Å². The third-order valence-electron chi connectivity index (χ3n) is 5.37. The first-order chi connectivity index (χ1) is 15.1. The van der Waals surface area contributed by atoms with Gasteiger partial charge >= 0.3 is 0 Å². The second kappa shape index (κ2) is 9.27. The van der Waals surface area contributed by atoms with Crippen LogP contribution in [0.5, 0.6) is 11.5 Å². The first-order valence-corrected chi connectivity index (χ1v) is 10.5. The molecule has 0 unspecified atom stereocenters. The summed E-state index contributed by atoms with van der Waals surface area (Å²) in [6.45, 7) is 2.73. The van der Waals surface area contributed by atoms with E-state index in [9.17, 15) is 0 Å². The van der Waals surface area contributed by atoms with Crippen LogP contribution in [0.2, 0.25) is 5.02 Å². The number of halogens is 1. The topological polar surface area (TPSA) is 43.4 Å². The summed E-state index contributed by atoms with van der Waals surface area (Å²) in [5, 5.41) is 6.59. The Kier molecular flexibility index (Phi) is 6.28. The van der Waals surface area contributed by atoms with Gasteiger partial charge in [-0.25, -0.2) is 0 Å². The maximum absolute atomic E-state index is 6.03. The lowest BCUT2D eigenvalue weighted by atomic mass is 10.0. The lowest BCUT2D eigenvalue weighted by Gasteiger charge is -2.15. The van der Waals surface area contributed by atoms with Crippen molar-refractivity contribution < 1.29 is 9.47 Å². The molecule has 0 radical (unpaired) electrons. The Labute approximate surface area is 187 Å². The van der Waals surface area contributed by atoms with Crippen LogP contribution in [0, 0.1) is 6.92 Å². The van der Waals surface area contributed by atoms with E-state index in [0.29, 0.717) is 6.54 Å². The van der Waals surface area contributed by atoms with Crippen LogP contribution >= 0.6 is 11.6 Å². The Morgan fingerprint density at radius 1 is 0.903 bits per heavy atom. The number of nitrogens with one attached hydrogen (secondary N) is 1. The van der Waals surface area contributed by atoms with Crippen molar-refractivity contribution in [2.24, 2.45) is 0 Å². The van der Waals surface area contributed by atoms with Crippen molar-refractivity contribution in [3.63, 3.8) is 0 Å². The number of pyridine rings is 1. The number of ether oxygens (including phenoxy) is 2. The van der Waals surface area contributed by atoms with Crippen molar-refractivity contribution in [2.75, 3.05) is 19.5 Å². The summed E-state index contributed by atoms with van der Waals surface area (Å²) in [7, 11) is 3.32. The predicted octanol–water partition coefficient (Wildman–Crippen LogP) is 6.42. The van der Waals surface area contributed by atoms with Crippen LogP contribution in [0.25, 0.3) is 10.8 Å². The molecule has 1 N–H and O–H groups in total. The van der Waals surface area contributed by atoms with Gasteiger partial charge in [0.15, 0.2) is 0 Å². The fourth-order valence-electron chi connectivity index (χ4n) is 3.68. The molecule has 0 aliphatic rings. The Morgan fingerprint density at radius 2 is 1.71 bits per heavy atom. The number of rotatable bonds is 7. The monoisotopic (exact) mass is 432 g/mol. The lowest BCUT2D eigenvalue weighted by molar-refractivity contribution is 0.391. The number of aromatic nitrogens is 1. The molecule has 0 bridgehead atoms. The number of hydrogen-bond acceptors (Lipinski definition) is 4. The van der Waals surface area contributed by atoms with Crippen molar-refractivity contribution >= 4 is 28.1 Å². The number of aryl methyl sites for hydroxylation is 1. The molecule has 5 heteroatoms. The molecule has 4 rings (SSSR count). The highest BCUT2D eigenvalue weighted by molar-refractivity contribution is 6.30. The van der Waals surface area contributed by atoms with E-state index in [1.54, 1.807) is 14.2 Å². The zero-order valence-electron chi connectivity index (χ0n) is 17.9. The molecule has 0 fully saturated rings. The summed E-state index contributed by atoms with van der Waals surface area (Å²) in [6, 6.07) is 20.3. The van der Waals surface area contributed by atoms with Gasteiger partial charge in [-0.15, -0.1) is 0 Å². The van der Waals surface area contributed by atoms with Gasteiger partial charge in [-0.2, -0.15) is 0 Å². The molecule has 1 heterocycles. The maximum Gasteiger partial charge on any atom is 0.127 e. The zero-order valence-corrected chi connectivity index (χ0v) is 18.7. The normalized spacial score (nSPS) is 10.8. The zero-order chi connectivity index (χ0) is 21.8. The van der Waals surface area contributed by atoms with Crippen molar-refractivity contribution in [1.82, 2.24) is 4.98 Å². The third kappa shape index (κ3) is 4.75. The number of benzene rings is 3. The van der Waals surface area contributed by atoms with Crippen molar-refractivity contribution in [2.45, 2.75) is 19.9 Å². The second-order valence-corrected chi connectivity index (χ2v) is 7.94. The highest BCUT2D eigenvalue weighted by atomic mass is 35.5. The Balaban J connectivity index is 1.64. The molecule has 4 aromatic rings. The number of fused-ring (bicyclic) bond motifs is 1. The molecule has 0 aliphatic carbocycles. The van der Waals surface area contributed by atoms with Gasteiger partial charge < -0.3 is 14.8 Å². The van der Waals surface area contributed by atoms with Crippen molar-refractivity contribution in [3.05, 3.63) is 94.3 Å². The molecule has 158 valence electrons. The van der Waals surface area contributed by atoms with E-state index in [1.165, 1.54) is 11.1 Å². The fraction of sp³-hybridized carbons (Fsp3) is 0.192.